The number of urea groups is 1. The lowest BCUT2D eigenvalue weighted by molar-refractivity contribution is 0.0718. The van der Waals surface area contributed by atoms with Crippen molar-refractivity contribution in [3.63, 3.8) is 0 Å². The Morgan fingerprint density at radius 2 is 1.80 bits per heavy atom. The van der Waals surface area contributed by atoms with Crippen molar-refractivity contribution in [1.82, 2.24) is 10.2 Å². The molecule has 0 bridgehead atoms. The smallest absolute Gasteiger partial charge is 0.319 e. The predicted octanol–water partition coefficient (Wildman–Crippen LogP) is 2.11. The fourth-order valence-corrected chi connectivity index (χ4v) is 2.71. The predicted molar refractivity (Wildman–Crippen MR) is 99.6 cm³/mol. The van der Waals surface area contributed by atoms with Gasteiger partial charge in [-0.2, -0.15) is 0 Å². The second kappa shape index (κ2) is 8.84. The average Bonchev–Trinajstić information content (AvgIpc) is 2.44. The molecular formula is C17H27N3O4S. The highest BCUT2D eigenvalue weighted by atomic mass is 32.2. The maximum absolute atomic E-state index is 12.7. The molecule has 25 heavy (non-hydrogen) atoms. The Balaban J connectivity index is 2.91. The van der Waals surface area contributed by atoms with Crippen molar-refractivity contribution in [2.75, 3.05) is 23.9 Å². The number of nitrogens with one attached hydrogen (secondary N) is 2. The molecule has 0 heterocycles. The van der Waals surface area contributed by atoms with Crippen molar-refractivity contribution >= 4 is 27.5 Å². The molecule has 0 fully saturated rings. The quantitative estimate of drug-likeness (QED) is 0.769. The first-order valence-electron chi connectivity index (χ1n) is 8.16. The second-order valence-corrected chi connectivity index (χ2v) is 8.82. The Labute approximate surface area is 149 Å². The number of benzene rings is 1. The molecule has 0 aliphatic heterocycles. The molecule has 0 aliphatic carbocycles. The van der Waals surface area contributed by atoms with Crippen LogP contribution in [-0.2, 0) is 9.84 Å². The van der Waals surface area contributed by atoms with Crippen LogP contribution in [0.15, 0.2) is 24.3 Å². The zero-order chi connectivity index (χ0) is 19.2. The Bertz CT molecular complexity index is 714. The lowest BCUT2D eigenvalue weighted by Crippen LogP contribution is -2.40. The SMILES string of the molecule is CC(C)NC(=O)Nc1cccc(C(=O)N(CCS(C)(=O)=O)C(C)C)c1. The number of anilines is 1. The zero-order valence-corrected chi connectivity index (χ0v) is 16.2. The minimum absolute atomic E-state index is 0.00256. The van der Waals surface area contributed by atoms with Crippen molar-refractivity contribution in [3.05, 3.63) is 29.8 Å². The highest BCUT2D eigenvalue weighted by Gasteiger charge is 2.20. The molecule has 8 heteroatoms. The standard InChI is InChI=1S/C17H27N3O4S/c1-12(2)18-17(22)19-15-8-6-7-14(11-15)16(21)20(13(3)4)9-10-25(5,23)24/h6-8,11-13H,9-10H2,1-5H3,(H2,18,19,22). The lowest BCUT2D eigenvalue weighted by atomic mass is 10.1. The van der Waals surface area contributed by atoms with Crippen LogP contribution in [0.5, 0.6) is 0 Å². The van der Waals surface area contributed by atoms with Gasteiger partial charge in [0.2, 0.25) is 0 Å². The van der Waals surface area contributed by atoms with E-state index in [1.54, 1.807) is 24.3 Å². The van der Waals surface area contributed by atoms with Gasteiger partial charge in [0.25, 0.3) is 5.91 Å². The van der Waals surface area contributed by atoms with E-state index in [0.717, 1.165) is 6.26 Å². The summed E-state index contributed by atoms with van der Waals surface area (Å²) in [5, 5.41) is 5.38. The van der Waals surface area contributed by atoms with Crippen LogP contribution in [0.2, 0.25) is 0 Å². The first-order valence-corrected chi connectivity index (χ1v) is 10.2. The average molecular weight is 369 g/mol. The van der Waals surface area contributed by atoms with Gasteiger partial charge in [-0.25, -0.2) is 13.2 Å². The van der Waals surface area contributed by atoms with Crippen LogP contribution in [0.1, 0.15) is 38.1 Å². The number of nitrogens with zero attached hydrogens (tertiary/aromatic N) is 1. The first-order chi connectivity index (χ1) is 11.5. The number of carbonyl (C=O) groups is 2. The third kappa shape index (κ3) is 7.55. The molecule has 0 unspecified atom stereocenters. The highest BCUT2D eigenvalue weighted by molar-refractivity contribution is 7.90. The van der Waals surface area contributed by atoms with Crippen molar-refractivity contribution in [2.45, 2.75) is 39.8 Å². The molecule has 0 radical (unpaired) electrons. The molecule has 140 valence electrons. The van der Waals surface area contributed by atoms with Crippen molar-refractivity contribution < 1.29 is 18.0 Å². The minimum atomic E-state index is -3.16. The summed E-state index contributed by atoms with van der Waals surface area (Å²) in [6.07, 6.45) is 1.15. The van der Waals surface area contributed by atoms with E-state index in [9.17, 15) is 18.0 Å². The van der Waals surface area contributed by atoms with Gasteiger partial charge in [0.1, 0.15) is 9.84 Å². The highest BCUT2D eigenvalue weighted by Crippen LogP contribution is 2.14. The molecule has 3 amide bonds. The topological polar surface area (TPSA) is 95.6 Å². The Morgan fingerprint density at radius 3 is 2.32 bits per heavy atom. The molecule has 0 saturated heterocycles. The summed E-state index contributed by atoms with van der Waals surface area (Å²) in [4.78, 5) is 26.0. The third-order valence-electron chi connectivity index (χ3n) is 3.37. The molecule has 7 nitrogen and oxygen atoms in total. The van der Waals surface area contributed by atoms with Gasteiger partial charge in [0, 0.05) is 36.1 Å². The van der Waals surface area contributed by atoms with Crippen molar-refractivity contribution in [3.8, 4) is 0 Å². The van der Waals surface area contributed by atoms with E-state index in [0.29, 0.717) is 11.3 Å². The van der Waals surface area contributed by atoms with Crippen molar-refractivity contribution in [2.24, 2.45) is 0 Å². The number of carbonyl (C=O) groups excluding carboxylic acids is 2. The lowest BCUT2D eigenvalue weighted by Gasteiger charge is -2.26. The van der Waals surface area contributed by atoms with E-state index in [1.807, 2.05) is 27.7 Å². The molecule has 0 spiro atoms. The van der Waals surface area contributed by atoms with Gasteiger partial charge in [0.05, 0.1) is 5.75 Å². The van der Waals surface area contributed by atoms with Gasteiger partial charge < -0.3 is 15.5 Å². The molecule has 1 aromatic carbocycles. The van der Waals surface area contributed by atoms with E-state index in [4.69, 9.17) is 0 Å². The number of hydrogen-bond acceptors (Lipinski definition) is 4. The summed E-state index contributed by atoms with van der Waals surface area (Å²) in [5.74, 6) is -0.363. The Morgan fingerprint density at radius 1 is 1.16 bits per heavy atom. The monoisotopic (exact) mass is 369 g/mol. The normalized spacial score (nSPS) is 11.5. The fraction of sp³-hybridized carbons (Fsp3) is 0.529. The Hall–Kier alpha value is -2.09. The summed E-state index contributed by atoms with van der Waals surface area (Å²) in [7, 11) is -3.16. The van der Waals surface area contributed by atoms with Gasteiger partial charge in [-0.05, 0) is 45.9 Å². The van der Waals surface area contributed by atoms with E-state index in [-0.39, 0.29) is 36.3 Å². The van der Waals surface area contributed by atoms with E-state index in [2.05, 4.69) is 10.6 Å². The molecule has 0 atom stereocenters. The number of sulfone groups is 1. The van der Waals surface area contributed by atoms with Gasteiger partial charge in [-0.15, -0.1) is 0 Å². The summed E-state index contributed by atoms with van der Waals surface area (Å²) >= 11 is 0. The number of hydrogen-bond donors (Lipinski definition) is 2. The zero-order valence-electron chi connectivity index (χ0n) is 15.4. The summed E-state index contributed by atoms with van der Waals surface area (Å²) < 4.78 is 22.8. The largest absolute Gasteiger partial charge is 0.336 e. The summed E-state index contributed by atoms with van der Waals surface area (Å²) in [6, 6.07) is 6.09. The van der Waals surface area contributed by atoms with Crippen molar-refractivity contribution in [1.29, 1.82) is 0 Å². The van der Waals surface area contributed by atoms with Crippen LogP contribution in [0.3, 0.4) is 0 Å². The van der Waals surface area contributed by atoms with E-state index < -0.39 is 9.84 Å². The molecule has 0 aliphatic rings. The second-order valence-electron chi connectivity index (χ2n) is 6.56. The molecule has 0 saturated carbocycles. The van der Waals surface area contributed by atoms with Crippen LogP contribution in [0.4, 0.5) is 10.5 Å². The van der Waals surface area contributed by atoms with Gasteiger partial charge in [0.15, 0.2) is 0 Å². The molecular weight excluding hydrogens is 342 g/mol. The summed E-state index contributed by atoms with van der Waals surface area (Å²) in [6.45, 7) is 7.49. The maximum Gasteiger partial charge on any atom is 0.319 e. The summed E-state index contributed by atoms with van der Waals surface area (Å²) in [5.41, 5.74) is 0.889. The molecule has 0 aromatic heterocycles. The van der Waals surface area contributed by atoms with E-state index in [1.165, 1.54) is 4.90 Å². The van der Waals surface area contributed by atoms with E-state index >= 15 is 0 Å². The number of rotatable bonds is 7. The Kier molecular flexibility index (Phi) is 7.41. The van der Waals surface area contributed by atoms with Crippen LogP contribution < -0.4 is 10.6 Å². The van der Waals surface area contributed by atoms with Crippen LogP contribution >= 0.6 is 0 Å². The molecule has 1 rings (SSSR count). The third-order valence-corrected chi connectivity index (χ3v) is 4.30. The maximum atomic E-state index is 12.7. The van der Waals surface area contributed by atoms with Crippen LogP contribution in [0, 0.1) is 0 Å². The van der Waals surface area contributed by atoms with Gasteiger partial charge >= 0.3 is 6.03 Å². The van der Waals surface area contributed by atoms with Gasteiger partial charge in [-0.1, -0.05) is 6.07 Å². The van der Waals surface area contributed by atoms with Crippen LogP contribution in [-0.4, -0.2) is 55.9 Å². The number of amides is 3. The minimum Gasteiger partial charge on any atom is -0.336 e. The van der Waals surface area contributed by atoms with Crippen LogP contribution in [0.25, 0.3) is 0 Å². The first kappa shape index (κ1) is 21.0. The molecule has 1 aromatic rings. The molecule has 2 N–H and O–H groups in total. The fourth-order valence-electron chi connectivity index (χ4n) is 2.18. The van der Waals surface area contributed by atoms with Gasteiger partial charge in [-0.3, -0.25) is 4.79 Å².